The molecular formula is C9H15NO. The number of hydrogen-bond acceptors (Lipinski definition) is 1. The van der Waals surface area contributed by atoms with Crippen LogP contribution in [0.1, 0.15) is 20.3 Å². The molecule has 0 atom stereocenters. The molecule has 2 N–H and O–H groups in total. The first-order valence-electron chi connectivity index (χ1n) is 3.57. The molecular weight excluding hydrogens is 138 g/mol. The Labute approximate surface area is 67.8 Å². The average molecular weight is 153 g/mol. The summed E-state index contributed by atoms with van der Waals surface area (Å²) in [5.74, 6) is -0.401. The second-order valence-corrected chi connectivity index (χ2v) is 3.22. The number of nitrogens with two attached hydrogens (primary N) is 1. The lowest BCUT2D eigenvalue weighted by molar-refractivity contribution is -0.113. The van der Waals surface area contributed by atoms with Crippen LogP contribution in [0, 0.1) is 5.41 Å². The number of carbonyl (C=O) groups is 1. The molecule has 0 aliphatic rings. The first kappa shape index (κ1) is 9.95. The average Bonchev–Trinajstić information content (AvgIpc) is 1.84. The fourth-order valence-electron chi connectivity index (χ4n) is 0.748. The van der Waals surface area contributed by atoms with Crippen molar-refractivity contribution in [2.75, 3.05) is 0 Å². The van der Waals surface area contributed by atoms with Gasteiger partial charge < -0.3 is 5.73 Å². The van der Waals surface area contributed by atoms with E-state index in [4.69, 9.17) is 5.73 Å². The third kappa shape index (κ3) is 5.40. The lowest BCUT2D eigenvalue weighted by atomic mass is 9.89. The molecule has 2 heteroatoms. The number of allylic oxidation sites excluding steroid dienone is 2. The van der Waals surface area contributed by atoms with E-state index in [2.05, 4.69) is 6.58 Å². The van der Waals surface area contributed by atoms with Gasteiger partial charge in [-0.3, -0.25) is 4.79 Å². The van der Waals surface area contributed by atoms with Crippen LogP contribution >= 0.6 is 0 Å². The Bertz CT molecular complexity index is 180. The lowest BCUT2D eigenvalue weighted by Crippen LogP contribution is -2.10. The van der Waals surface area contributed by atoms with Crippen molar-refractivity contribution in [2.24, 2.45) is 11.1 Å². The first-order chi connectivity index (χ1) is 4.98. The molecule has 0 aromatic carbocycles. The van der Waals surface area contributed by atoms with Gasteiger partial charge in [0.1, 0.15) is 0 Å². The predicted molar refractivity (Wildman–Crippen MR) is 46.9 cm³/mol. The van der Waals surface area contributed by atoms with E-state index in [1.165, 1.54) is 6.08 Å². The van der Waals surface area contributed by atoms with Crippen molar-refractivity contribution in [3.05, 3.63) is 24.8 Å². The van der Waals surface area contributed by atoms with Crippen LogP contribution in [0.4, 0.5) is 0 Å². The minimum atomic E-state index is -0.401. The van der Waals surface area contributed by atoms with Crippen LogP contribution in [0.25, 0.3) is 0 Å². The molecule has 0 spiro atoms. The third-order valence-electron chi connectivity index (χ3n) is 1.37. The maximum absolute atomic E-state index is 10.4. The number of rotatable bonds is 4. The van der Waals surface area contributed by atoms with Gasteiger partial charge in [0.2, 0.25) is 5.91 Å². The predicted octanol–water partition coefficient (Wildman–Crippen LogP) is 1.63. The Morgan fingerprint density at radius 1 is 1.64 bits per heavy atom. The van der Waals surface area contributed by atoms with Gasteiger partial charge in [0.25, 0.3) is 0 Å². The molecule has 0 unspecified atom stereocenters. The number of primary amides is 1. The summed E-state index contributed by atoms with van der Waals surface area (Å²) in [7, 11) is 0. The summed E-state index contributed by atoms with van der Waals surface area (Å²) in [6.45, 7) is 7.67. The highest BCUT2D eigenvalue weighted by Gasteiger charge is 2.10. The van der Waals surface area contributed by atoms with Crippen molar-refractivity contribution >= 4 is 5.91 Å². The summed E-state index contributed by atoms with van der Waals surface area (Å²) < 4.78 is 0. The lowest BCUT2D eigenvalue weighted by Gasteiger charge is -2.16. The molecule has 0 aliphatic heterocycles. The highest BCUT2D eigenvalue weighted by molar-refractivity contribution is 5.85. The molecule has 0 aromatic rings. The summed E-state index contributed by atoms with van der Waals surface area (Å²) in [5, 5.41) is 0. The van der Waals surface area contributed by atoms with Gasteiger partial charge in [-0.1, -0.05) is 26.0 Å². The molecule has 1 amide bonds. The summed E-state index contributed by atoms with van der Waals surface area (Å²) in [4.78, 5) is 10.4. The Hall–Kier alpha value is -1.05. The minimum Gasteiger partial charge on any atom is -0.366 e. The van der Waals surface area contributed by atoms with E-state index in [9.17, 15) is 4.79 Å². The second kappa shape index (κ2) is 3.96. The van der Waals surface area contributed by atoms with Gasteiger partial charge in [-0.25, -0.2) is 0 Å². The summed E-state index contributed by atoms with van der Waals surface area (Å²) in [6.07, 6.45) is 5.86. The summed E-state index contributed by atoms with van der Waals surface area (Å²) in [5.41, 5.74) is 4.93. The van der Waals surface area contributed by atoms with Gasteiger partial charge in [0.15, 0.2) is 0 Å². The molecule has 0 radical (unpaired) electrons. The van der Waals surface area contributed by atoms with Crippen LogP contribution < -0.4 is 5.73 Å². The standard InChI is InChI=1S/C9H15NO/c1-4-6-9(2,3)7-5-8(10)11/h4-5,7H,1,6H2,2-3H3,(H2,10,11)/b7-5+. The molecule has 0 fully saturated rings. The topological polar surface area (TPSA) is 43.1 Å². The molecule has 11 heavy (non-hydrogen) atoms. The van der Waals surface area contributed by atoms with E-state index in [0.29, 0.717) is 0 Å². The summed E-state index contributed by atoms with van der Waals surface area (Å²) >= 11 is 0. The van der Waals surface area contributed by atoms with Crippen LogP contribution in [0.15, 0.2) is 24.8 Å². The SMILES string of the molecule is C=CCC(C)(C)/C=C/C(N)=O. The highest BCUT2D eigenvalue weighted by atomic mass is 16.1. The van der Waals surface area contributed by atoms with Crippen molar-refractivity contribution in [3.63, 3.8) is 0 Å². The first-order valence-corrected chi connectivity index (χ1v) is 3.57. The van der Waals surface area contributed by atoms with Gasteiger partial charge in [-0.05, 0) is 17.9 Å². The summed E-state index contributed by atoms with van der Waals surface area (Å²) in [6, 6.07) is 0. The molecule has 62 valence electrons. The van der Waals surface area contributed by atoms with Gasteiger partial charge in [0, 0.05) is 0 Å². The molecule has 0 aromatic heterocycles. The normalized spacial score (nSPS) is 11.8. The molecule has 0 saturated heterocycles. The molecule has 2 nitrogen and oxygen atoms in total. The Kier molecular flexibility index (Phi) is 3.58. The molecule has 0 bridgehead atoms. The van der Waals surface area contributed by atoms with Gasteiger partial charge >= 0.3 is 0 Å². The van der Waals surface area contributed by atoms with E-state index < -0.39 is 5.91 Å². The van der Waals surface area contributed by atoms with Crippen molar-refractivity contribution in [1.82, 2.24) is 0 Å². The third-order valence-corrected chi connectivity index (χ3v) is 1.37. The smallest absolute Gasteiger partial charge is 0.241 e. The zero-order chi connectivity index (χ0) is 8.91. The van der Waals surface area contributed by atoms with Crippen LogP contribution in [0.3, 0.4) is 0 Å². The van der Waals surface area contributed by atoms with Crippen molar-refractivity contribution in [1.29, 1.82) is 0 Å². The van der Waals surface area contributed by atoms with E-state index >= 15 is 0 Å². The van der Waals surface area contributed by atoms with Crippen molar-refractivity contribution in [2.45, 2.75) is 20.3 Å². The van der Waals surface area contributed by atoms with Gasteiger partial charge in [-0.2, -0.15) is 0 Å². The van der Waals surface area contributed by atoms with Gasteiger partial charge in [-0.15, -0.1) is 6.58 Å². The zero-order valence-electron chi connectivity index (χ0n) is 7.13. The van der Waals surface area contributed by atoms with Crippen LogP contribution in [-0.2, 0) is 4.79 Å². The quantitative estimate of drug-likeness (QED) is 0.484. The number of carbonyl (C=O) groups excluding carboxylic acids is 1. The fourth-order valence-corrected chi connectivity index (χ4v) is 0.748. The zero-order valence-corrected chi connectivity index (χ0v) is 7.13. The van der Waals surface area contributed by atoms with E-state index in [-0.39, 0.29) is 5.41 Å². The Morgan fingerprint density at radius 2 is 2.18 bits per heavy atom. The fraction of sp³-hybridized carbons (Fsp3) is 0.444. The Morgan fingerprint density at radius 3 is 2.55 bits per heavy atom. The highest BCUT2D eigenvalue weighted by Crippen LogP contribution is 2.21. The second-order valence-electron chi connectivity index (χ2n) is 3.22. The van der Waals surface area contributed by atoms with E-state index in [1.807, 2.05) is 19.9 Å². The Balaban J connectivity index is 4.09. The van der Waals surface area contributed by atoms with Gasteiger partial charge in [0.05, 0.1) is 0 Å². The molecule has 0 rings (SSSR count). The van der Waals surface area contributed by atoms with Crippen LogP contribution in [-0.4, -0.2) is 5.91 Å². The van der Waals surface area contributed by atoms with E-state index in [0.717, 1.165) is 6.42 Å². The maximum atomic E-state index is 10.4. The minimum absolute atomic E-state index is 0.0171. The largest absolute Gasteiger partial charge is 0.366 e. The van der Waals surface area contributed by atoms with Crippen LogP contribution in [0.5, 0.6) is 0 Å². The van der Waals surface area contributed by atoms with Crippen LogP contribution in [0.2, 0.25) is 0 Å². The van der Waals surface area contributed by atoms with E-state index in [1.54, 1.807) is 6.08 Å². The van der Waals surface area contributed by atoms with Crippen molar-refractivity contribution in [3.8, 4) is 0 Å². The van der Waals surface area contributed by atoms with Crippen molar-refractivity contribution < 1.29 is 4.79 Å². The number of amides is 1. The molecule has 0 heterocycles. The number of hydrogen-bond donors (Lipinski definition) is 1. The molecule has 0 saturated carbocycles. The molecule has 0 aliphatic carbocycles. The maximum Gasteiger partial charge on any atom is 0.241 e. The monoisotopic (exact) mass is 153 g/mol.